The Labute approximate surface area is 62.4 Å². The zero-order valence-electron chi connectivity index (χ0n) is 6.75. The van der Waals surface area contributed by atoms with Crippen LogP contribution in [0.3, 0.4) is 0 Å². The van der Waals surface area contributed by atoms with E-state index in [1.54, 1.807) is 0 Å². The lowest BCUT2D eigenvalue weighted by Gasteiger charge is -2.17. The first-order valence-electron chi connectivity index (χ1n) is 4.10. The molecule has 1 aromatic heterocycles. The molecule has 1 heterocycles. The predicted octanol–water partition coefficient (Wildman–Crippen LogP) is 1.49. The van der Waals surface area contributed by atoms with Crippen LogP contribution in [0, 0.1) is 0 Å². The lowest BCUT2D eigenvalue weighted by molar-refractivity contribution is 1.02. The third-order valence-corrected chi connectivity index (χ3v) is 2.05. The number of rotatable bonds is 3. The van der Waals surface area contributed by atoms with Gasteiger partial charge in [0.15, 0.2) is 0 Å². The smallest absolute Gasteiger partial charge is 0.0757 e. The largest absolute Gasteiger partial charge is 0.517 e. The van der Waals surface area contributed by atoms with Gasteiger partial charge in [0.2, 0.25) is 0 Å². The lowest BCUT2D eigenvalue weighted by atomic mass is 9.61. The van der Waals surface area contributed by atoms with Gasteiger partial charge in [-0.05, 0) is 6.20 Å². The molecule has 0 amide bonds. The maximum absolute atomic E-state index is 4.01. The fourth-order valence-corrected chi connectivity index (χ4v) is 1.30. The second-order valence-corrected chi connectivity index (χ2v) is 2.97. The van der Waals surface area contributed by atoms with Gasteiger partial charge in [0, 0.05) is 6.20 Å². The summed E-state index contributed by atoms with van der Waals surface area (Å²) in [5, 5.41) is 0. The van der Waals surface area contributed by atoms with Crippen LogP contribution < -0.4 is 0 Å². The Hall–Kier alpha value is -0.725. The van der Waals surface area contributed by atoms with Crippen LogP contribution in [-0.4, -0.2) is 16.3 Å². The van der Waals surface area contributed by atoms with Crippen LogP contribution in [0.5, 0.6) is 0 Å². The quantitative estimate of drug-likeness (QED) is 0.577. The molecule has 3 heteroatoms. The van der Waals surface area contributed by atoms with E-state index in [4.69, 9.17) is 0 Å². The highest BCUT2D eigenvalue weighted by Crippen LogP contribution is 1.99. The van der Waals surface area contributed by atoms with Crippen LogP contribution in [0.25, 0.3) is 0 Å². The Kier molecular flexibility index (Phi) is 2.54. The molecule has 2 nitrogen and oxygen atoms in total. The summed E-state index contributed by atoms with van der Waals surface area (Å²) in [5.41, 5.74) is 0. The molecule has 1 unspecified atom stereocenters. The molecule has 0 spiro atoms. The van der Waals surface area contributed by atoms with Crippen molar-refractivity contribution in [2.24, 2.45) is 0 Å². The third kappa shape index (κ3) is 1.63. The summed E-state index contributed by atoms with van der Waals surface area (Å²) in [4.78, 5) is 4.01. The summed E-state index contributed by atoms with van der Waals surface area (Å²) in [7, 11) is 0. The van der Waals surface area contributed by atoms with Crippen LogP contribution in [0.1, 0.15) is 13.3 Å². The monoisotopic (exact) mass is 137 g/mol. The van der Waals surface area contributed by atoms with Gasteiger partial charge in [-0.25, -0.2) is 4.98 Å². The average Bonchev–Trinajstić information content (AvgIpc) is 2.38. The summed E-state index contributed by atoms with van der Waals surface area (Å²) < 4.78 is 2.23. The van der Waals surface area contributed by atoms with Crippen molar-refractivity contribution < 1.29 is 0 Å². The fourth-order valence-electron chi connectivity index (χ4n) is 1.30. The summed E-state index contributed by atoms with van der Waals surface area (Å²) >= 11 is 0. The van der Waals surface area contributed by atoms with Crippen LogP contribution in [-0.2, 0) is 0 Å². The molecule has 0 saturated carbocycles. The number of hydrogen-bond donors (Lipinski definition) is 0. The molecule has 1 aromatic rings. The highest BCUT2D eigenvalue weighted by atomic mass is 15.0. The Morgan fingerprint density at radius 2 is 2.40 bits per heavy atom. The van der Waals surface area contributed by atoms with Gasteiger partial charge in [0.1, 0.15) is 0 Å². The van der Waals surface area contributed by atoms with Gasteiger partial charge < -0.3 is 4.48 Å². The minimum absolute atomic E-state index is 0.153. The van der Waals surface area contributed by atoms with Gasteiger partial charge in [-0.3, -0.25) is 0 Å². The van der Waals surface area contributed by atoms with Gasteiger partial charge in [0.05, 0.1) is 13.2 Å². The molecule has 0 aromatic carbocycles. The first-order valence-corrected chi connectivity index (χ1v) is 4.10. The van der Waals surface area contributed by atoms with Gasteiger partial charge >= 0.3 is 0 Å². The van der Waals surface area contributed by atoms with Crippen molar-refractivity contribution >= 4 is 6.85 Å². The molecule has 0 N–H and O–H groups in total. The standard InChI is InChI=1S/C7H14BN2/c1-3-4-8(2)10-6-5-9-7-10/h5-8H,3-4H2,1-2H3/q-1. The van der Waals surface area contributed by atoms with Crippen molar-refractivity contribution in [3.63, 3.8) is 0 Å². The number of imidazole rings is 1. The van der Waals surface area contributed by atoms with E-state index in [-0.39, 0.29) is 6.85 Å². The zero-order valence-corrected chi connectivity index (χ0v) is 6.75. The van der Waals surface area contributed by atoms with Crippen LogP contribution in [0.4, 0.5) is 0 Å². The van der Waals surface area contributed by atoms with Crippen LogP contribution in [0.2, 0.25) is 13.1 Å². The SMILES string of the molecule is CCC[BH-](C)n1ccnc1. The first-order chi connectivity index (χ1) is 4.84. The number of hydrogen-bond acceptors (Lipinski definition) is 1. The molecule has 0 bridgehead atoms. The van der Waals surface area contributed by atoms with Crippen molar-refractivity contribution in [3.05, 3.63) is 18.7 Å². The number of nitrogens with zero attached hydrogens (tertiary/aromatic N) is 2. The van der Waals surface area contributed by atoms with Crippen LogP contribution in [0.15, 0.2) is 18.7 Å². The molecule has 10 heavy (non-hydrogen) atoms. The third-order valence-electron chi connectivity index (χ3n) is 2.05. The predicted molar refractivity (Wildman–Crippen MR) is 45.7 cm³/mol. The van der Waals surface area contributed by atoms with Gasteiger partial charge in [-0.15, -0.1) is 0 Å². The molecule has 0 fully saturated rings. The Morgan fingerprint density at radius 1 is 1.60 bits per heavy atom. The molecule has 0 radical (unpaired) electrons. The Bertz CT molecular complexity index is 172. The van der Waals surface area contributed by atoms with Crippen molar-refractivity contribution in [2.75, 3.05) is 0 Å². The molecule has 1 atom stereocenters. The molecule has 0 saturated heterocycles. The molecular formula is C7H14BN2-. The van der Waals surface area contributed by atoms with Gasteiger partial charge in [-0.1, -0.05) is 13.3 Å². The zero-order chi connectivity index (χ0) is 7.40. The molecule has 0 aliphatic carbocycles. The topological polar surface area (TPSA) is 17.8 Å². The van der Waals surface area contributed by atoms with E-state index < -0.39 is 0 Å². The summed E-state index contributed by atoms with van der Waals surface area (Å²) in [5.74, 6) is 0. The van der Waals surface area contributed by atoms with E-state index in [2.05, 4.69) is 29.4 Å². The van der Waals surface area contributed by atoms with Crippen molar-refractivity contribution in [1.82, 2.24) is 9.46 Å². The fraction of sp³-hybridized carbons (Fsp3) is 0.571. The lowest BCUT2D eigenvalue weighted by Crippen LogP contribution is -2.17. The number of aromatic nitrogens is 2. The highest BCUT2D eigenvalue weighted by Gasteiger charge is 1.94. The Morgan fingerprint density at radius 3 is 2.90 bits per heavy atom. The van der Waals surface area contributed by atoms with E-state index in [1.807, 2.05) is 12.5 Å². The second kappa shape index (κ2) is 3.45. The molecule has 0 aliphatic heterocycles. The van der Waals surface area contributed by atoms with Crippen molar-refractivity contribution in [3.8, 4) is 0 Å². The molecule has 56 valence electrons. The van der Waals surface area contributed by atoms with E-state index in [1.165, 1.54) is 12.7 Å². The van der Waals surface area contributed by atoms with Gasteiger partial charge in [-0.2, -0.15) is 13.1 Å². The molecular weight excluding hydrogens is 123 g/mol. The van der Waals surface area contributed by atoms with E-state index in [9.17, 15) is 0 Å². The van der Waals surface area contributed by atoms with Crippen molar-refractivity contribution in [2.45, 2.75) is 26.5 Å². The maximum atomic E-state index is 4.01. The molecule has 0 aliphatic rings. The highest BCUT2D eigenvalue weighted by molar-refractivity contribution is 6.55. The minimum Gasteiger partial charge on any atom is -0.517 e. The Balaban J connectivity index is 2.50. The second-order valence-electron chi connectivity index (χ2n) is 2.97. The minimum atomic E-state index is -0.153. The maximum Gasteiger partial charge on any atom is 0.0757 e. The first kappa shape index (κ1) is 7.38. The molecule has 1 rings (SSSR count). The van der Waals surface area contributed by atoms with E-state index in [0.29, 0.717) is 0 Å². The van der Waals surface area contributed by atoms with E-state index in [0.717, 1.165) is 0 Å². The average molecular weight is 137 g/mol. The summed E-state index contributed by atoms with van der Waals surface area (Å²) in [6.45, 7) is 4.37. The summed E-state index contributed by atoms with van der Waals surface area (Å²) in [6.07, 6.45) is 8.40. The van der Waals surface area contributed by atoms with Crippen LogP contribution >= 0.6 is 0 Å². The normalized spacial score (nSPS) is 13.4. The van der Waals surface area contributed by atoms with Crippen molar-refractivity contribution in [1.29, 1.82) is 0 Å². The van der Waals surface area contributed by atoms with E-state index >= 15 is 0 Å². The van der Waals surface area contributed by atoms with Gasteiger partial charge in [0.25, 0.3) is 0 Å². The summed E-state index contributed by atoms with van der Waals surface area (Å²) in [6, 6.07) is 0.